The van der Waals surface area contributed by atoms with Gasteiger partial charge in [-0.05, 0) is 24.1 Å². The van der Waals surface area contributed by atoms with Gasteiger partial charge in [-0.25, -0.2) is 0 Å². The zero-order chi connectivity index (χ0) is 13.7. The molecule has 1 heterocycles. The summed E-state index contributed by atoms with van der Waals surface area (Å²) in [5.74, 6) is 0.538. The van der Waals surface area contributed by atoms with E-state index in [2.05, 4.69) is 6.92 Å². The van der Waals surface area contributed by atoms with Crippen LogP contribution in [0.3, 0.4) is 0 Å². The number of carbonyl (C=O) groups is 1. The number of thiophene rings is 1. The van der Waals surface area contributed by atoms with Gasteiger partial charge in [0, 0.05) is 21.4 Å². The average molecular weight is 292 g/mol. The largest absolute Gasteiger partial charge is 0.292 e. The Balaban J connectivity index is 1.93. The van der Waals surface area contributed by atoms with Crippen LogP contribution in [0.15, 0.2) is 42.5 Å². The molecule has 0 bridgehead atoms. The molecule has 2 nitrogen and oxygen atoms in total. The Morgan fingerprint density at radius 3 is 2.53 bits per heavy atom. The molecule has 0 aliphatic rings. The van der Waals surface area contributed by atoms with Gasteiger partial charge in [-0.2, -0.15) is 0 Å². The molecule has 0 aliphatic heterocycles. The van der Waals surface area contributed by atoms with E-state index in [1.54, 1.807) is 0 Å². The molecule has 0 saturated heterocycles. The van der Waals surface area contributed by atoms with Gasteiger partial charge >= 0.3 is 0 Å². The second-order valence-electron chi connectivity index (χ2n) is 4.26. The van der Waals surface area contributed by atoms with Gasteiger partial charge < -0.3 is 0 Å². The number of ketones is 1. The van der Waals surface area contributed by atoms with Crippen molar-refractivity contribution in [1.29, 1.82) is 0 Å². The van der Waals surface area contributed by atoms with Crippen LogP contribution < -0.4 is 0 Å². The molecule has 0 radical (unpaired) electrons. The maximum absolute atomic E-state index is 12.0. The highest BCUT2D eigenvalue weighted by molar-refractivity contribution is 7.85. The van der Waals surface area contributed by atoms with Gasteiger partial charge in [0.2, 0.25) is 0 Å². The van der Waals surface area contributed by atoms with Crippen molar-refractivity contribution < 1.29 is 9.00 Å². The molecular formula is C15H16O2S2. The lowest BCUT2D eigenvalue weighted by Crippen LogP contribution is -2.11. The van der Waals surface area contributed by atoms with Crippen LogP contribution in [-0.4, -0.2) is 15.7 Å². The molecule has 0 spiro atoms. The minimum atomic E-state index is -1.14. The second kappa shape index (κ2) is 6.78. The lowest BCUT2D eigenvalue weighted by molar-refractivity contribution is 0.102. The molecule has 0 saturated carbocycles. The Bertz CT molecular complexity index is 573. The Hall–Kier alpha value is -1.26. The number of hydrogen-bond acceptors (Lipinski definition) is 3. The van der Waals surface area contributed by atoms with E-state index in [1.165, 1.54) is 16.2 Å². The second-order valence-corrected chi connectivity index (χ2v) is 6.88. The van der Waals surface area contributed by atoms with Crippen LogP contribution in [0.4, 0.5) is 0 Å². The Morgan fingerprint density at radius 2 is 1.89 bits per heavy atom. The summed E-state index contributed by atoms with van der Waals surface area (Å²) in [4.78, 5) is 13.9. The van der Waals surface area contributed by atoms with Crippen LogP contribution in [-0.2, 0) is 23.0 Å². The summed E-state index contributed by atoms with van der Waals surface area (Å²) in [5.41, 5.74) is 1.01. The fourth-order valence-corrected chi connectivity index (χ4v) is 3.84. The fourth-order valence-electron chi connectivity index (χ4n) is 1.75. The van der Waals surface area contributed by atoms with Crippen LogP contribution in [0.2, 0.25) is 0 Å². The van der Waals surface area contributed by atoms with Crippen LogP contribution in [0.1, 0.15) is 27.0 Å². The number of Topliss-reactive ketones (excluding diaryl/α,β-unsaturated/α-hetero) is 1. The summed E-state index contributed by atoms with van der Waals surface area (Å²) in [6.45, 7) is 2.06. The molecule has 1 aromatic heterocycles. The van der Waals surface area contributed by atoms with Crippen molar-refractivity contribution in [3.8, 4) is 0 Å². The number of benzene rings is 1. The maximum atomic E-state index is 12.0. The van der Waals surface area contributed by atoms with Crippen molar-refractivity contribution in [1.82, 2.24) is 0 Å². The lowest BCUT2D eigenvalue weighted by Gasteiger charge is -2.01. The van der Waals surface area contributed by atoms with E-state index in [4.69, 9.17) is 0 Å². The standard InChI is InChI=1S/C15H16O2S2/c1-2-13-8-9-15(18-13)14(16)11-19(17)10-12-6-4-3-5-7-12/h3-9H,2,10-11H2,1H3. The van der Waals surface area contributed by atoms with E-state index < -0.39 is 10.8 Å². The predicted molar refractivity (Wildman–Crippen MR) is 81.2 cm³/mol. The van der Waals surface area contributed by atoms with Crippen molar-refractivity contribution in [2.24, 2.45) is 0 Å². The number of carbonyl (C=O) groups excluding carboxylic acids is 1. The van der Waals surface area contributed by atoms with E-state index in [9.17, 15) is 9.00 Å². The van der Waals surface area contributed by atoms with E-state index in [-0.39, 0.29) is 11.5 Å². The van der Waals surface area contributed by atoms with Crippen molar-refractivity contribution in [3.63, 3.8) is 0 Å². The summed E-state index contributed by atoms with van der Waals surface area (Å²) in [6.07, 6.45) is 0.936. The molecule has 1 aromatic carbocycles. The maximum Gasteiger partial charge on any atom is 0.185 e. The third-order valence-corrected chi connectivity index (χ3v) is 5.26. The number of rotatable bonds is 6. The van der Waals surface area contributed by atoms with E-state index in [0.717, 1.165) is 16.9 Å². The third kappa shape index (κ3) is 4.11. The molecule has 0 N–H and O–H groups in total. The third-order valence-electron chi connectivity index (χ3n) is 2.75. The molecule has 19 heavy (non-hydrogen) atoms. The average Bonchev–Trinajstić information content (AvgIpc) is 2.88. The zero-order valence-corrected chi connectivity index (χ0v) is 12.4. The van der Waals surface area contributed by atoms with Gasteiger partial charge in [-0.1, -0.05) is 37.3 Å². The van der Waals surface area contributed by atoms with E-state index in [1.807, 2.05) is 42.5 Å². The molecule has 1 atom stereocenters. The minimum Gasteiger partial charge on any atom is -0.292 e. The highest BCUT2D eigenvalue weighted by Gasteiger charge is 2.13. The predicted octanol–water partition coefficient (Wildman–Crippen LogP) is 3.44. The summed E-state index contributed by atoms with van der Waals surface area (Å²) < 4.78 is 12.0. The molecule has 100 valence electrons. The van der Waals surface area contributed by atoms with Gasteiger partial charge in [0.1, 0.15) is 0 Å². The van der Waals surface area contributed by atoms with Gasteiger partial charge in [0.15, 0.2) is 5.78 Å². The molecular weight excluding hydrogens is 276 g/mol. The zero-order valence-electron chi connectivity index (χ0n) is 10.8. The first-order valence-corrected chi connectivity index (χ1v) is 8.50. The van der Waals surface area contributed by atoms with Gasteiger partial charge in [0.25, 0.3) is 0 Å². The minimum absolute atomic E-state index is 0.0148. The Labute approximate surface area is 119 Å². The summed E-state index contributed by atoms with van der Waals surface area (Å²) in [6, 6.07) is 13.4. The van der Waals surface area contributed by atoms with E-state index in [0.29, 0.717) is 5.75 Å². The van der Waals surface area contributed by atoms with Crippen molar-refractivity contribution in [3.05, 3.63) is 57.8 Å². The molecule has 0 amide bonds. The van der Waals surface area contributed by atoms with Crippen molar-refractivity contribution in [2.45, 2.75) is 19.1 Å². The quantitative estimate of drug-likeness (QED) is 0.764. The van der Waals surface area contributed by atoms with Crippen LogP contribution >= 0.6 is 11.3 Å². The normalized spacial score (nSPS) is 12.3. The van der Waals surface area contributed by atoms with Gasteiger partial charge in [0.05, 0.1) is 10.6 Å². The first-order chi connectivity index (χ1) is 9.19. The van der Waals surface area contributed by atoms with Gasteiger partial charge in [-0.3, -0.25) is 9.00 Å². The molecule has 1 unspecified atom stereocenters. The summed E-state index contributed by atoms with van der Waals surface area (Å²) in [7, 11) is -1.14. The monoisotopic (exact) mass is 292 g/mol. The van der Waals surface area contributed by atoms with Crippen LogP contribution in [0, 0.1) is 0 Å². The number of hydrogen-bond donors (Lipinski definition) is 0. The Morgan fingerprint density at radius 1 is 1.16 bits per heavy atom. The summed E-state index contributed by atoms with van der Waals surface area (Å²) in [5, 5.41) is 0. The van der Waals surface area contributed by atoms with Crippen LogP contribution in [0.25, 0.3) is 0 Å². The molecule has 4 heteroatoms. The van der Waals surface area contributed by atoms with Crippen molar-refractivity contribution in [2.75, 3.05) is 5.75 Å². The topological polar surface area (TPSA) is 34.1 Å². The molecule has 2 rings (SSSR count). The first-order valence-electron chi connectivity index (χ1n) is 6.20. The fraction of sp³-hybridized carbons (Fsp3) is 0.267. The highest BCUT2D eigenvalue weighted by Crippen LogP contribution is 2.18. The smallest absolute Gasteiger partial charge is 0.185 e. The SMILES string of the molecule is CCc1ccc(C(=O)CS(=O)Cc2ccccc2)s1. The number of aryl methyl sites for hydroxylation is 1. The van der Waals surface area contributed by atoms with Crippen molar-refractivity contribution >= 4 is 27.9 Å². The van der Waals surface area contributed by atoms with E-state index >= 15 is 0 Å². The molecule has 0 aliphatic carbocycles. The lowest BCUT2D eigenvalue weighted by atomic mass is 10.2. The molecule has 2 aromatic rings. The first kappa shape index (κ1) is 14.2. The van der Waals surface area contributed by atoms with Gasteiger partial charge in [-0.15, -0.1) is 11.3 Å². The summed E-state index contributed by atoms with van der Waals surface area (Å²) >= 11 is 1.51. The Kier molecular flexibility index (Phi) is 5.05. The van der Waals surface area contributed by atoms with Crippen LogP contribution in [0.5, 0.6) is 0 Å². The highest BCUT2D eigenvalue weighted by atomic mass is 32.2. The molecule has 0 fully saturated rings.